The number of benzene rings is 2. The summed E-state index contributed by atoms with van der Waals surface area (Å²) < 4.78 is 19.8. The first kappa shape index (κ1) is 20.8. The molecule has 1 unspecified atom stereocenters. The van der Waals surface area contributed by atoms with Crippen LogP contribution in [0.15, 0.2) is 36.4 Å². The lowest BCUT2D eigenvalue weighted by molar-refractivity contribution is -0.0348. The molecular formula is C25H28ClFN2O2. The zero-order valence-corrected chi connectivity index (χ0v) is 18.7. The number of carbonyl (C=O) groups is 1. The van der Waals surface area contributed by atoms with Crippen LogP contribution in [0.4, 0.5) is 9.18 Å². The number of alkyl carbamates (subject to hydrolysis) is 1. The van der Waals surface area contributed by atoms with Crippen LogP contribution < -0.4 is 5.32 Å². The molecule has 4 nitrogen and oxygen atoms in total. The van der Waals surface area contributed by atoms with Gasteiger partial charge < -0.3 is 10.1 Å². The summed E-state index contributed by atoms with van der Waals surface area (Å²) in [6.45, 7) is 7.41. The molecule has 2 aromatic rings. The van der Waals surface area contributed by atoms with Crippen molar-refractivity contribution >= 4 is 17.7 Å². The molecule has 6 rings (SSSR count). The minimum atomic E-state index is -0.421. The largest absolute Gasteiger partial charge is 0.445 e. The van der Waals surface area contributed by atoms with Gasteiger partial charge in [0.25, 0.3) is 0 Å². The third-order valence-corrected chi connectivity index (χ3v) is 7.56. The van der Waals surface area contributed by atoms with Gasteiger partial charge in [-0.1, -0.05) is 49.7 Å². The van der Waals surface area contributed by atoms with Crippen molar-refractivity contribution in [3.05, 3.63) is 58.4 Å². The SMILES string of the molecule is CC1(C)Cc2cc(-c3ccc(Cl)c(F)c3)ccc2C1NC(=O)O[C@@H]1CN2CCC1CC2. The van der Waals surface area contributed by atoms with Crippen molar-refractivity contribution in [3.63, 3.8) is 0 Å². The highest BCUT2D eigenvalue weighted by atomic mass is 35.5. The molecule has 6 heteroatoms. The van der Waals surface area contributed by atoms with E-state index in [1.54, 1.807) is 6.07 Å². The zero-order valence-electron chi connectivity index (χ0n) is 18.0. The van der Waals surface area contributed by atoms with Crippen LogP contribution in [0.3, 0.4) is 0 Å². The molecule has 2 bridgehead atoms. The Morgan fingerprint density at radius 1 is 1.16 bits per heavy atom. The average molecular weight is 443 g/mol. The average Bonchev–Trinajstić information content (AvgIpc) is 2.99. The molecule has 31 heavy (non-hydrogen) atoms. The van der Waals surface area contributed by atoms with Crippen molar-refractivity contribution in [2.24, 2.45) is 11.3 Å². The van der Waals surface area contributed by atoms with Crippen LogP contribution in [0.1, 0.15) is 43.9 Å². The Morgan fingerprint density at radius 3 is 2.55 bits per heavy atom. The van der Waals surface area contributed by atoms with Crippen molar-refractivity contribution in [3.8, 4) is 11.1 Å². The van der Waals surface area contributed by atoms with E-state index in [-0.39, 0.29) is 28.7 Å². The first-order chi connectivity index (χ1) is 14.8. The van der Waals surface area contributed by atoms with Crippen LogP contribution in [0.2, 0.25) is 5.02 Å². The van der Waals surface area contributed by atoms with Gasteiger partial charge >= 0.3 is 6.09 Å². The molecule has 4 aliphatic rings. The summed E-state index contributed by atoms with van der Waals surface area (Å²) in [7, 11) is 0. The van der Waals surface area contributed by atoms with Crippen LogP contribution in [-0.2, 0) is 11.2 Å². The number of hydrogen-bond acceptors (Lipinski definition) is 3. The number of nitrogens with one attached hydrogen (secondary N) is 1. The second kappa shape index (κ2) is 7.79. The number of carbonyl (C=O) groups excluding carboxylic acids is 1. The van der Waals surface area contributed by atoms with Crippen molar-refractivity contribution < 1.29 is 13.9 Å². The van der Waals surface area contributed by atoms with E-state index >= 15 is 0 Å². The van der Waals surface area contributed by atoms with Crippen LogP contribution in [0, 0.1) is 17.2 Å². The van der Waals surface area contributed by atoms with Gasteiger partial charge in [-0.05, 0) is 78.1 Å². The van der Waals surface area contributed by atoms with E-state index in [9.17, 15) is 9.18 Å². The van der Waals surface area contributed by atoms with Crippen molar-refractivity contribution in [2.45, 2.75) is 45.3 Å². The van der Waals surface area contributed by atoms with Crippen molar-refractivity contribution in [2.75, 3.05) is 19.6 Å². The molecular weight excluding hydrogens is 415 g/mol. The molecule has 0 spiro atoms. The number of amides is 1. The zero-order chi connectivity index (χ0) is 21.8. The number of rotatable bonds is 3. The fraction of sp³-hybridized carbons (Fsp3) is 0.480. The van der Waals surface area contributed by atoms with E-state index in [4.69, 9.17) is 16.3 Å². The highest BCUT2D eigenvalue weighted by Crippen LogP contribution is 2.46. The first-order valence-electron chi connectivity index (χ1n) is 11.1. The van der Waals surface area contributed by atoms with Gasteiger partial charge in [0, 0.05) is 6.54 Å². The molecule has 3 heterocycles. The molecule has 3 aliphatic heterocycles. The summed E-state index contributed by atoms with van der Waals surface area (Å²) in [5, 5.41) is 3.27. The summed E-state index contributed by atoms with van der Waals surface area (Å²) in [5.74, 6) is 0.0666. The minimum Gasteiger partial charge on any atom is -0.445 e. The van der Waals surface area contributed by atoms with E-state index < -0.39 is 5.82 Å². The highest BCUT2D eigenvalue weighted by molar-refractivity contribution is 6.30. The standard InChI is InChI=1S/C25H28ClFN2O2/c1-25(2)13-18-11-16(17-4-6-20(26)21(27)12-17)3-5-19(18)23(25)28-24(30)31-22-14-29-9-7-15(22)8-10-29/h3-6,11-12,15,22-23H,7-10,13-14H2,1-2H3,(H,28,30)/t22-,23?/m1/s1. The lowest BCUT2D eigenvalue weighted by Crippen LogP contribution is -2.53. The number of ether oxygens (including phenoxy) is 1. The summed E-state index contributed by atoms with van der Waals surface area (Å²) in [4.78, 5) is 15.2. The minimum absolute atomic E-state index is 0.00587. The Hall–Kier alpha value is -2.11. The Morgan fingerprint density at radius 2 is 1.87 bits per heavy atom. The van der Waals surface area contributed by atoms with Gasteiger partial charge in [0.05, 0.1) is 11.1 Å². The van der Waals surface area contributed by atoms with E-state index in [0.29, 0.717) is 5.92 Å². The molecule has 1 amide bonds. The summed E-state index contributed by atoms with van der Waals surface area (Å²) in [6, 6.07) is 10.9. The molecule has 0 aromatic heterocycles. The molecule has 2 aromatic carbocycles. The van der Waals surface area contributed by atoms with Gasteiger partial charge in [0.15, 0.2) is 0 Å². The monoisotopic (exact) mass is 442 g/mol. The van der Waals surface area contributed by atoms with Crippen LogP contribution in [0.25, 0.3) is 11.1 Å². The number of halogens is 2. The molecule has 0 saturated carbocycles. The van der Waals surface area contributed by atoms with Crippen LogP contribution in [0.5, 0.6) is 0 Å². The highest BCUT2D eigenvalue weighted by Gasteiger charge is 2.42. The van der Waals surface area contributed by atoms with Crippen LogP contribution in [-0.4, -0.2) is 36.7 Å². The summed E-state index contributed by atoms with van der Waals surface area (Å²) in [6.07, 6.45) is 2.73. The first-order valence-corrected chi connectivity index (χ1v) is 11.5. The number of fused-ring (bicyclic) bond motifs is 4. The number of hydrogen-bond donors (Lipinski definition) is 1. The van der Waals surface area contributed by atoms with E-state index in [1.165, 1.54) is 11.6 Å². The summed E-state index contributed by atoms with van der Waals surface area (Å²) in [5.41, 5.74) is 3.88. The normalized spacial score (nSPS) is 28.3. The number of piperidine rings is 3. The lowest BCUT2D eigenvalue weighted by atomic mass is 9.85. The van der Waals surface area contributed by atoms with E-state index in [2.05, 4.69) is 30.1 Å². The predicted molar refractivity (Wildman–Crippen MR) is 120 cm³/mol. The quantitative estimate of drug-likeness (QED) is 0.673. The van der Waals surface area contributed by atoms with Crippen molar-refractivity contribution in [1.82, 2.24) is 10.2 Å². The smallest absolute Gasteiger partial charge is 0.407 e. The van der Waals surface area contributed by atoms with Gasteiger partial charge in [-0.25, -0.2) is 9.18 Å². The van der Waals surface area contributed by atoms with Crippen LogP contribution >= 0.6 is 11.6 Å². The molecule has 1 aliphatic carbocycles. The Kier molecular flexibility index (Phi) is 5.22. The van der Waals surface area contributed by atoms with Gasteiger partial charge in [-0.3, -0.25) is 4.90 Å². The predicted octanol–water partition coefficient (Wildman–Crippen LogP) is 5.59. The molecule has 2 atom stereocenters. The number of nitrogens with zero attached hydrogens (tertiary/aromatic N) is 1. The second-order valence-corrected chi connectivity index (χ2v) is 10.3. The maximum absolute atomic E-state index is 13.9. The Balaban J connectivity index is 1.33. The van der Waals surface area contributed by atoms with Gasteiger partial charge in [0.2, 0.25) is 0 Å². The third kappa shape index (κ3) is 3.94. The second-order valence-electron chi connectivity index (χ2n) is 9.87. The lowest BCUT2D eigenvalue weighted by Gasteiger charge is -2.44. The topological polar surface area (TPSA) is 41.6 Å². The van der Waals surface area contributed by atoms with Gasteiger partial charge in [0.1, 0.15) is 11.9 Å². The molecule has 3 fully saturated rings. The molecule has 164 valence electrons. The van der Waals surface area contributed by atoms with E-state index in [0.717, 1.165) is 55.6 Å². The van der Waals surface area contributed by atoms with Crippen molar-refractivity contribution in [1.29, 1.82) is 0 Å². The Bertz CT molecular complexity index is 1020. The van der Waals surface area contributed by atoms with Gasteiger partial charge in [-0.2, -0.15) is 0 Å². The molecule has 3 saturated heterocycles. The maximum Gasteiger partial charge on any atom is 0.407 e. The Labute approximate surface area is 187 Å². The molecule has 1 N–H and O–H groups in total. The summed E-state index contributed by atoms with van der Waals surface area (Å²) >= 11 is 5.83. The molecule has 0 radical (unpaired) electrons. The van der Waals surface area contributed by atoms with E-state index in [1.807, 2.05) is 18.2 Å². The third-order valence-electron chi connectivity index (χ3n) is 7.25. The maximum atomic E-state index is 13.9. The fourth-order valence-electron chi connectivity index (χ4n) is 5.52. The fourth-order valence-corrected chi connectivity index (χ4v) is 5.63. The van der Waals surface area contributed by atoms with Gasteiger partial charge in [-0.15, -0.1) is 0 Å².